The standard InChI is InChI=1S/C19H25N3O3.ClH/c1-19(2)8-15-13(16(23)9-19)7-14(18(25)22-15)17(24)21-12-5-10-3-4-11(6-12)20-10;/h7,10-12,20H,3-6,8-9H2,1-2H3,(H,21,24)(H,22,25);1H. The molecule has 2 fully saturated rings. The molecule has 2 atom stereocenters. The molecule has 3 N–H and O–H groups in total. The van der Waals surface area contributed by atoms with Gasteiger partial charge in [-0.2, -0.15) is 0 Å². The normalized spacial score (nSPS) is 28.8. The molecule has 6 nitrogen and oxygen atoms in total. The number of aromatic amines is 1. The van der Waals surface area contributed by atoms with E-state index in [9.17, 15) is 14.4 Å². The fourth-order valence-electron chi connectivity index (χ4n) is 4.63. The van der Waals surface area contributed by atoms with Crippen molar-refractivity contribution in [2.45, 2.75) is 70.5 Å². The van der Waals surface area contributed by atoms with Crippen LogP contribution >= 0.6 is 12.4 Å². The van der Waals surface area contributed by atoms with Crippen LogP contribution in [0.5, 0.6) is 0 Å². The van der Waals surface area contributed by atoms with Crippen LogP contribution in [-0.4, -0.2) is 34.8 Å². The first kappa shape index (κ1) is 19.1. The quantitative estimate of drug-likeness (QED) is 0.732. The lowest BCUT2D eigenvalue weighted by molar-refractivity contribution is 0.0910. The van der Waals surface area contributed by atoms with Gasteiger partial charge in [0, 0.05) is 35.8 Å². The number of H-pyrrole nitrogens is 1. The smallest absolute Gasteiger partial charge is 0.261 e. The highest BCUT2D eigenvalue weighted by Gasteiger charge is 2.35. The second-order valence-electron chi connectivity index (χ2n) is 8.62. The molecule has 7 heteroatoms. The van der Waals surface area contributed by atoms with Crippen molar-refractivity contribution in [3.8, 4) is 0 Å². The molecule has 2 unspecified atom stereocenters. The minimum absolute atomic E-state index is 0. The van der Waals surface area contributed by atoms with Crippen LogP contribution in [0.1, 0.15) is 72.4 Å². The lowest BCUT2D eigenvalue weighted by atomic mass is 9.75. The number of carbonyl (C=O) groups excluding carboxylic acids is 2. The first-order chi connectivity index (χ1) is 11.8. The molecule has 4 rings (SSSR count). The summed E-state index contributed by atoms with van der Waals surface area (Å²) >= 11 is 0. The Bertz CT molecular complexity index is 790. The molecule has 2 bridgehead atoms. The third kappa shape index (κ3) is 3.58. The molecule has 1 amide bonds. The number of nitrogens with one attached hydrogen (secondary N) is 3. The van der Waals surface area contributed by atoms with Crippen LogP contribution in [0.15, 0.2) is 10.9 Å². The van der Waals surface area contributed by atoms with E-state index < -0.39 is 5.56 Å². The molecule has 2 saturated heterocycles. The number of carbonyl (C=O) groups is 2. The van der Waals surface area contributed by atoms with Crippen LogP contribution in [0.3, 0.4) is 0 Å². The zero-order valence-corrected chi connectivity index (χ0v) is 16.0. The maximum atomic E-state index is 12.6. The zero-order chi connectivity index (χ0) is 17.8. The van der Waals surface area contributed by atoms with Gasteiger partial charge in [0.1, 0.15) is 5.56 Å². The van der Waals surface area contributed by atoms with Gasteiger partial charge < -0.3 is 15.6 Å². The lowest BCUT2D eigenvalue weighted by Gasteiger charge is -2.30. The lowest BCUT2D eigenvalue weighted by Crippen LogP contribution is -2.48. The SMILES string of the molecule is CC1(C)CC(=O)c2cc(C(=O)NC3CC4CCC(C3)N4)c(=O)[nH]c2C1.Cl. The summed E-state index contributed by atoms with van der Waals surface area (Å²) in [5, 5.41) is 6.54. The molecule has 1 aromatic heterocycles. The molecule has 3 aliphatic rings. The third-order valence-electron chi connectivity index (χ3n) is 5.77. The van der Waals surface area contributed by atoms with Crippen LogP contribution in [-0.2, 0) is 6.42 Å². The number of Topliss-reactive ketones (excluding diaryl/α,β-unsaturated/α-hetero) is 1. The Morgan fingerprint density at radius 3 is 2.46 bits per heavy atom. The number of pyridine rings is 1. The van der Waals surface area contributed by atoms with E-state index in [-0.39, 0.29) is 41.1 Å². The Morgan fingerprint density at radius 2 is 1.81 bits per heavy atom. The Morgan fingerprint density at radius 1 is 1.15 bits per heavy atom. The number of ketones is 1. The largest absolute Gasteiger partial charge is 0.349 e. The van der Waals surface area contributed by atoms with E-state index in [1.54, 1.807) is 0 Å². The van der Waals surface area contributed by atoms with E-state index in [1.807, 2.05) is 13.8 Å². The monoisotopic (exact) mass is 379 g/mol. The molecule has 0 spiro atoms. The van der Waals surface area contributed by atoms with E-state index in [1.165, 1.54) is 6.07 Å². The van der Waals surface area contributed by atoms with Crippen LogP contribution in [0.25, 0.3) is 0 Å². The van der Waals surface area contributed by atoms with E-state index in [0.717, 1.165) is 25.7 Å². The van der Waals surface area contributed by atoms with Crippen molar-refractivity contribution in [1.82, 2.24) is 15.6 Å². The van der Waals surface area contributed by atoms with Crippen molar-refractivity contribution < 1.29 is 9.59 Å². The summed E-state index contributed by atoms with van der Waals surface area (Å²) < 4.78 is 0. The molecule has 1 aliphatic carbocycles. The first-order valence-corrected chi connectivity index (χ1v) is 9.17. The van der Waals surface area contributed by atoms with Crippen LogP contribution in [0.2, 0.25) is 0 Å². The fourth-order valence-corrected chi connectivity index (χ4v) is 4.63. The number of aromatic nitrogens is 1. The summed E-state index contributed by atoms with van der Waals surface area (Å²) in [6.07, 6.45) is 5.19. The maximum Gasteiger partial charge on any atom is 0.261 e. The molecule has 0 aromatic carbocycles. The van der Waals surface area contributed by atoms with Gasteiger partial charge >= 0.3 is 0 Å². The van der Waals surface area contributed by atoms with Gasteiger partial charge in [-0.25, -0.2) is 0 Å². The minimum atomic E-state index is -0.404. The topological polar surface area (TPSA) is 91.1 Å². The molecule has 1 aromatic rings. The van der Waals surface area contributed by atoms with Crippen molar-refractivity contribution in [1.29, 1.82) is 0 Å². The van der Waals surface area contributed by atoms with Gasteiger partial charge in [-0.05, 0) is 43.6 Å². The third-order valence-corrected chi connectivity index (χ3v) is 5.77. The van der Waals surface area contributed by atoms with Crippen LogP contribution in [0, 0.1) is 5.41 Å². The summed E-state index contributed by atoms with van der Waals surface area (Å²) in [6, 6.07) is 2.53. The molecule has 3 heterocycles. The number of amides is 1. The second kappa shape index (κ2) is 6.82. The van der Waals surface area contributed by atoms with Crippen molar-refractivity contribution in [2.75, 3.05) is 0 Å². The number of rotatable bonds is 2. The summed E-state index contributed by atoms with van der Waals surface area (Å²) in [5.41, 5.74) is 0.638. The Balaban J connectivity index is 0.00000196. The van der Waals surface area contributed by atoms with E-state index in [2.05, 4.69) is 15.6 Å². The Labute approximate surface area is 158 Å². The second-order valence-corrected chi connectivity index (χ2v) is 8.62. The highest BCUT2D eigenvalue weighted by atomic mass is 35.5. The molecular formula is C19H26ClN3O3. The summed E-state index contributed by atoms with van der Waals surface area (Å²) in [6.45, 7) is 4.02. The average Bonchev–Trinajstić information content (AvgIpc) is 2.84. The van der Waals surface area contributed by atoms with Crippen molar-refractivity contribution >= 4 is 24.1 Å². The maximum absolute atomic E-state index is 12.6. The molecule has 0 saturated carbocycles. The highest BCUT2D eigenvalue weighted by Crippen LogP contribution is 2.33. The van der Waals surface area contributed by atoms with E-state index >= 15 is 0 Å². The van der Waals surface area contributed by atoms with Gasteiger partial charge in [0.05, 0.1) is 0 Å². The predicted molar refractivity (Wildman–Crippen MR) is 101 cm³/mol. The van der Waals surface area contributed by atoms with Gasteiger partial charge in [0.2, 0.25) is 0 Å². The van der Waals surface area contributed by atoms with Gasteiger partial charge in [-0.3, -0.25) is 14.4 Å². The summed E-state index contributed by atoms with van der Waals surface area (Å²) in [7, 11) is 0. The van der Waals surface area contributed by atoms with Crippen molar-refractivity contribution in [3.63, 3.8) is 0 Å². The van der Waals surface area contributed by atoms with Crippen LogP contribution in [0.4, 0.5) is 0 Å². The molecule has 142 valence electrons. The van der Waals surface area contributed by atoms with Gasteiger partial charge in [0.15, 0.2) is 5.78 Å². The molecule has 2 aliphatic heterocycles. The zero-order valence-electron chi connectivity index (χ0n) is 15.2. The number of halogens is 1. The minimum Gasteiger partial charge on any atom is -0.349 e. The molecule has 0 radical (unpaired) electrons. The average molecular weight is 380 g/mol. The first-order valence-electron chi connectivity index (χ1n) is 9.17. The van der Waals surface area contributed by atoms with Crippen molar-refractivity contribution in [2.24, 2.45) is 5.41 Å². The van der Waals surface area contributed by atoms with Crippen LogP contribution < -0.4 is 16.2 Å². The summed E-state index contributed by atoms with van der Waals surface area (Å²) in [5.74, 6) is -0.371. The number of hydrogen-bond acceptors (Lipinski definition) is 4. The Hall–Kier alpha value is -1.66. The van der Waals surface area contributed by atoms with E-state index in [0.29, 0.717) is 36.2 Å². The molecule has 26 heavy (non-hydrogen) atoms. The predicted octanol–water partition coefficient (Wildman–Crippen LogP) is 1.96. The van der Waals surface area contributed by atoms with Gasteiger partial charge in [-0.15, -0.1) is 12.4 Å². The summed E-state index contributed by atoms with van der Waals surface area (Å²) in [4.78, 5) is 40.2. The Kier molecular flexibility index (Phi) is 5.01. The van der Waals surface area contributed by atoms with Gasteiger partial charge in [-0.1, -0.05) is 13.8 Å². The highest BCUT2D eigenvalue weighted by molar-refractivity contribution is 6.02. The number of piperidine rings is 1. The van der Waals surface area contributed by atoms with E-state index in [4.69, 9.17) is 0 Å². The molecular weight excluding hydrogens is 354 g/mol. The number of hydrogen-bond donors (Lipinski definition) is 3. The van der Waals surface area contributed by atoms with Crippen molar-refractivity contribution in [3.05, 3.63) is 33.2 Å². The fraction of sp³-hybridized carbons (Fsp3) is 0.632. The van der Waals surface area contributed by atoms with Gasteiger partial charge in [0.25, 0.3) is 11.5 Å². The number of fused-ring (bicyclic) bond motifs is 3.